The van der Waals surface area contributed by atoms with Crippen molar-refractivity contribution in [3.05, 3.63) is 77.0 Å². The number of nitrogens with one attached hydrogen (secondary N) is 1. The molecule has 6 nitrogen and oxygen atoms in total. The summed E-state index contributed by atoms with van der Waals surface area (Å²) in [4.78, 5) is 4.57. The lowest BCUT2D eigenvalue weighted by atomic mass is 9.92. The number of halogens is 1. The number of benzene rings is 1. The Morgan fingerprint density at radius 2 is 2.00 bits per heavy atom. The van der Waals surface area contributed by atoms with E-state index in [0.29, 0.717) is 28.3 Å². The smallest absolute Gasteiger partial charge is 0.218 e. The summed E-state index contributed by atoms with van der Waals surface area (Å²) >= 11 is 5.86. The maximum Gasteiger partial charge on any atom is 0.218 e. The van der Waals surface area contributed by atoms with Crippen molar-refractivity contribution in [1.82, 2.24) is 19.9 Å². The normalized spacial score (nSPS) is 17.0. The van der Waals surface area contributed by atoms with Crippen LogP contribution in [0.5, 0.6) is 0 Å². The molecule has 28 heavy (non-hydrogen) atoms. The van der Waals surface area contributed by atoms with E-state index >= 15 is 0 Å². The summed E-state index contributed by atoms with van der Waals surface area (Å²) in [5.41, 5.74) is 10.6. The van der Waals surface area contributed by atoms with Gasteiger partial charge in [-0.1, -0.05) is 36.4 Å². The zero-order valence-corrected chi connectivity index (χ0v) is 15.7. The Bertz CT molecular complexity index is 1180. The van der Waals surface area contributed by atoms with Crippen LogP contribution < -0.4 is 11.1 Å². The number of rotatable bonds is 3. The second-order valence-corrected chi connectivity index (χ2v) is 7.16. The zero-order chi connectivity index (χ0) is 19.1. The molecule has 0 amide bonds. The first-order valence-corrected chi connectivity index (χ1v) is 9.45. The number of nitrogen functional groups attached to an aromatic ring is 1. The standard InChI is InChI=1S/C21H18ClN5O/c22-18-7-6-17(28-18)21-25-20-12-15(11-19(23)27(20)26-21)16-10-14(8-9-24-16)13-4-2-1-3-5-13/h1-8,11-12,16,24H,9-10,23H2. The Morgan fingerprint density at radius 3 is 2.79 bits per heavy atom. The molecule has 0 bridgehead atoms. The van der Waals surface area contributed by atoms with Crippen molar-refractivity contribution < 1.29 is 4.42 Å². The topological polar surface area (TPSA) is 81.4 Å². The highest BCUT2D eigenvalue weighted by atomic mass is 35.5. The molecule has 0 fully saturated rings. The third kappa shape index (κ3) is 3.06. The first kappa shape index (κ1) is 17.0. The number of furan rings is 1. The molecular weight excluding hydrogens is 374 g/mol. The lowest BCUT2D eigenvalue weighted by Gasteiger charge is -2.25. The zero-order valence-electron chi connectivity index (χ0n) is 15.0. The average Bonchev–Trinajstić information content (AvgIpc) is 3.35. The number of aromatic nitrogens is 3. The highest BCUT2D eigenvalue weighted by Crippen LogP contribution is 2.32. The predicted octanol–water partition coefficient (Wildman–Crippen LogP) is 4.34. The van der Waals surface area contributed by atoms with Gasteiger partial charge in [0, 0.05) is 12.6 Å². The van der Waals surface area contributed by atoms with E-state index in [9.17, 15) is 0 Å². The lowest BCUT2D eigenvalue weighted by molar-refractivity contribution is 0.563. The minimum absolute atomic E-state index is 0.158. The number of nitrogens with zero attached hydrogens (tertiary/aromatic N) is 3. The van der Waals surface area contributed by atoms with Gasteiger partial charge in [0.2, 0.25) is 5.82 Å². The second kappa shape index (κ2) is 6.82. The van der Waals surface area contributed by atoms with Gasteiger partial charge in [0.15, 0.2) is 16.6 Å². The van der Waals surface area contributed by atoms with Crippen LogP contribution in [0.4, 0.5) is 5.82 Å². The SMILES string of the molecule is Nc1cc(C2CC(c3ccccc3)=CCN2)cc2nc(-c3ccc(Cl)o3)nn12. The Labute approximate surface area is 166 Å². The third-order valence-electron chi connectivity index (χ3n) is 4.96. The number of pyridine rings is 1. The van der Waals surface area contributed by atoms with E-state index in [2.05, 4.69) is 45.7 Å². The summed E-state index contributed by atoms with van der Waals surface area (Å²) in [5, 5.41) is 8.28. The summed E-state index contributed by atoms with van der Waals surface area (Å²) in [6.45, 7) is 0.808. The van der Waals surface area contributed by atoms with Gasteiger partial charge >= 0.3 is 0 Å². The molecule has 4 heterocycles. The van der Waals surface area contributed by atoms with Crippen LogP contribution in [0.25, 0.3) is 22.8 Å². The molecule has 1 aromatic carbocycles. The van der Waals surface area contributed by atoms with E-state index in [1.54, 1.807) is 16.6 Å². The predicted molar refractivity (Wildman–Crippen MR) is 110 cm³/mol. The van der Waals surface area contributed by atoms with Crippen molar-refractivity contribution in [2.24, 2.45) is 0 Å². The van der Waals surface area contributed by atoms with Gasteiger partial charge in [0.1, 0.15) is 5.82 Å². The lowest BCUT2D eigenvalue weighted by Crippen LogP contribution is -2.26. The molecule has 1 atom stereocenters. The third-order valence-corrected chi connectivity index (χ3v) is 5.17. The average molecular weight is 392 g/mol. The van der Waals surface area contributed by atoms with Gasteiger partial charge in [-0.15, -0.1) is 5.10 Å². The highest BCUT2D eigenvalue weighted by molar-refractivity contribution is 6.28. The quantitative estimate of drug-likeness (QED) is 0.542. The van der Waals surface area contributed by atoms with Gasteiger partial charge in [-0.3, -0.25) is 0 Å². The van der Waals surface area contributed by atoms with Crippen molar-refractivity contribution in [3.8, 4) is 11.6 Å². The van der Waals surface area contributed by atoms with Crippen molar-refractivity contribution >= 4 is 28.6 Å². The molecule has 3 N–H and O–H groups in total. The van der Waals surface area contributed by atoms with Crippen LogP contribution >= 0.6 is 11.6 Å². The molecular formula is C21H18ClN5O. The fourth-order valence-corrected chi connectivity index (χ4v) is 3.74. The summed E-state index contributed by atoms with van der Waals surface area (Å²) in [6.07, 6.45) is 3.12. The van der Waals surface area contributed by atoms with Crippen LogP contribution in [0, 0.1) is 0 Å². The Hall–Kier alpha value is -3.09. The summed E-state index contributed by atoms with van der Waals surface area (Å²) < 4.78 is 7.03. The van der Waals surface area contributed by atoms with E-state index in [0.717, 1.165) is 18.5 Å². The number of anilines is 1. The molecule has 7 heteroatoms. The monoisotopic (exact) mass is 391 g/mol. The van der Waals surface area contributed by atoms with Crippen LogP contribution in [0.1, 0.15) is 23.6 Å². The van der Waals surface area contributed by atoms with Crippen molar-refractivity contribution in [2.45, 2.75) is 12.5 Å². The Balaban J connectivity index is 1.48. The maximum atomic E-state index is 6.27. The van der Waals surface area contributed by atoms with Crippen molar-refractivity contribution in [2.75, 3.05) is 12.3 Å². The van der Waals surface area contributed by atoms with E-state index < -0.39 is 0 Å². The van der Waals surface area contributed by atoms with E-state index in [4.69, 9.17) is 21.8 Å². The molecule has 0 saturated carbocycles. The number of nitrogens with two attached hydrogens (primary N) is 1. The molecule has 1 unspecified atom stereocenters. The van der Waals surface area contributed by atoms with Crippen LogP contribution in [0.2, 0.25) is 5.22 Å². The van der Waals surface area contributed by atoms with E-state index in [1.807, 2.05) is 18.2 Å². The van der Waals surface area contributed by atoms with Gasteiger partial charge < -0.3 is 15.5 Å². The first-order chi connectivity index (χ1) is 13.7. The molecule has 3 aromatic heterocycles. The van der Waals surface area contributed by atoms with Gasteiger partial charge in [-0.25, -0.2) is 4.98 Å². The summed E-state index contributed by atoms with van der Waals surface area (Å²) in [7, 11) is 0. The number of fused-ring (bicyclic) bond motifs is 1. The van der Waals surface area contributed by atoms with Gasteiger partial charge in [-0.05, 0) is 59.0 Å². The Kier molecular flexibility index (Phi) is 4.15. The number of hydrogen-bond acceptors (Lipinski definition) is 5. The molecule has 0 spiro atoms. The first-order valence-electron chi connectivity index (χ1n) is 9.07. The maximum absolute atomic E-state index is 6.27. The molecule has 0 aliphatic carbocycles. The number of hydrogen-bond donors (Lipinski definition) is 2. The van der Waals surface area contributed by atoms with Crippen molar-refractivity contribution in [1.29, 1.82) is 0 Å². The molecule has 5 rings (SSSR count). The Morgan fingerprint density at radius 1 is 1.14 bits per heavy atom. The fraction of sp³-hybridized carbons (Fsp3) is 0.143. The van der Waals surface area contributed by atoms with Gasteiger partial charge in [0.25, 0.3) is 0 Å². The molecule has 1 aliphatic rings. The van der Waals surface area contributed by atoms with Crippen LogP contribution in [0.3, 0.4) is 0 Å². The van der Waals surface area contributed by atoms with Crippen LogP contribution in [-0.2, 0) is 0 Å². The molecule has 140 valence electrons. The van der Waals surface area contributed by atoms with Crippen molar-refractivity contribution in [3.63, 3.8) is 0 Å². The van der Waals surface area contributed by atoms with E-state index in [-0.39, 0.29) is 6.04 Å². The molecule has 4 aromatic rings. The van der Waals surface area contributed by atoms with Crippen LogP contribution in [0.15, 0.2) is 65.1 Å². The van der Waals surface area contributed by atoms with Gasteiger partial charge in [-0.2, -0.15) is 4.52 Å². The molecule has 0 radical (unpaired) electrons. The fourth-order valence-electron chi connectivity index (χ4n) is 3.59. The van der Waals surface area contributed by atoms with Crippen LogP contribution in [-0.4, -0.2) is 21.1 Å². The van der Waals surface area contributed by atoms with E-state index in [1.165, 1.54) is 11.1 Å². The molecule has 1 aliphatic heterocycles. The second-order valence-electron chi connectivity index (χ2n) is 6.78. The minimum Gasteiger partial charge on any atom is -0.441 e. The largest absolute Gasteiger partial charge is 0.441 e. The highest BCUT2D eigenvalue weighted by Gasteiger charge is 2.20. The molecule has 0 saturated heterocycles. The summed E-state index contributed by atoms with van der Waals surface area (Å²) in [6, 6.07) is 18.0. The summed E-state index contributed by atoms with van der Waals surface area (Å²) in [5.74, 6) is 1.50. The van der Waals surface area contributed by atoms with Gasteiger partial charge in [0.05, 0.1) is 0 Å². The minimum atomic E-state index is 0.158.